The Morgan fingerprint density at radius 3 is 2.40 bits per heavy atom. The third-order valence-corrected chi connectivity index (χ3v) is 3.42. The summed E-state index contributed by atoms with van der Waals surface area (Å²) in [5, 5.41) is 0. The quantitative estimate of drug-likeness (QED) is 0.607. The second kappa shape index (κ2) is 3.69. The number of nitrogens with one attached hydrogen (secondary N) is 1. The molecule has 1 rings (SSSR count). The van der Waals surface area contributed by atoms with Gasteiger partial charge < -0.3 is 4.98 Å². The maximum Gasteiger partial charge on any atom is 0.114 e. The molecule has 1 saturated carbocycles. The van der Waals surface area contributed by atoms with Gasteiger partial charge in [0.05, 0.1) is 0 Å². The van der Waals surface area contributed by atoms with Gasteiger partial charge >= 0.3 is 0 Å². The van der Waals surface area contributed by atoms with Gasteiger partial charge in [-0.2, -0.15) is 0 Å². The van der Waals surface area contributed by atoms with Gasteiger partial charge in [-0.25, -0.2) is 0 Å². The Labute approximate surface area is 69.1 Å². The van der Waals surface area contributed by atoms with Crippen LogP contribution in [-0.2, 0) is 0 Å². The van der Waals surface area contributed by atoms with E-state index in [1.54, 1.807) is 0 Å². The van der Waals surface area contributed by atoms with E-state index in [0.717, 1.165) is 0 Å². The van der Waals surface area contributed by atoms with E-state index in [2.05, 4.69) is 21.7 Å². The first-order valence-electron chi connectivity index (χ1n) is 3.96. The average Bonchev–Trinajstić information content (AvgIpc) is 1.89. The molecule has 1 aliphatic rings. The van der Waals surface area contributed by atoms with Gasteiger partial charge in [0.25, 0.3) is 0 Å². The van der Waals surface area contributed by atoms with E-state index in [-0.39, 0.29) is 0 Å². The van der Waals surface area contributed by atoms with Crippen molar-refractivity contribution in [3.05, 3.63) is 0 Å². The van der Waals surface area contributed by atoms with Gasteiger partial charge in [0.1, 0.15) is 9.20 Å². The van der Waals surface area contributed by atoms with E-state index in [1.165, 1.54) is 32.1 Å². The van der Waals surface area contributed by atoms with E-state index in [9.17, 15) is 0 Å². The number of rotatable bonds is 2. The largest absolute Gasteiger partial charge is 0.337 e. The summed E-state index contributed by atoms with van der Waals surface area (Å²) in [5.41, 5.74) is 0.443. The van der Waals surface area contributed by atoms with Crippen LogP contribution in [0.15, 0.2) is 0 Å². The first kappa shape index (κ1) is 8.49. The molecule has 3 heteroatoms. The highest BCUT2D eigenvalue weighted by Gasteiger charge is 2.24. The monoisotopic (exact) mass is 168 g/mol. The van der Waals surface area contributed by atoms with Crippen LogP contribution in [0, 0.1) is 0 Å². The molecule has 0 unspecified atom stereocenters. The lowest BCUT2D eigenvalue weighted by Gasteiger charge is -2.34. The lowest BCUT2D eigenvalue weighted by Crippen LogP contribution is -2.46. The summed E-state index contributed by atoms with van der Waals surface area (Å²) in [6.07, 6.45) is 6.94. The topological polar surface area (TPSA) is 12.0 Å². The van der Waals surface area contributed by atoms with Gasteiger partial charge in [-0.15, -0.1) is 0 Å². The zero-order valence-electron chi connectivity index (χ0n) is 6.54. The standard InChI is InChI=1S/C7H14NSi2/c1-7(8-10-9)5-3-2-4-6-7/h8H,2-6H2,1H3. The van der Waals surface area contributed by atoms with Crippen molar-refractivity contribution < 1.29 is 0 Å². The zero-order chi connectivity index (χ0) is 7.45. The minimum atomic E-state index is 0.443. The summed E-state index contributed by atoms with van der Waals surface area (Å²) in [6.45, 7) is 2.33. The molecule has 1 fully saturated rings. The maximum atomic E-state index is 3.50. The molecule has 0 aromatic heterocycles. The van der Waals surface area contributed by atoms with Crippen LogP contribution in [0.2, 0.25) is 0 Å². The Morgan fingerprint density at radius 1 is 1.30 bits per heavy atom. The Hall–Kier alpha value is 0.394. The summed E-state index contributed by atoms with van der Waals surface area (Å²) in [5.74, 6) is 0. The van der Waals surface area contributed by atoms with Crippen LogP contribution < -0.4 is 4.98 Å². The Kier molecular flexibility index (Phi) is 3.13. The third-order valence-electron chi connectivity index (χ3n) is 2.32. The molecule has 0 bridgehead atoms. The fourth-order valence-corrected chi connectivity index (χ4v) is 3.07. The molecule has 1 N–H and O–H groups in total. The van der Waals surface area contributed by atoms with E-state index < -0.39 is 0 Å². The molecular formula is C7H14NSi2. The van der Waals surface area contributed by atoms with Crippen LogP contribution in [-0.4, -0.2) is 24.5 Å². The molecule has 0 saturated heterocycles. The first-order chi connectivity index (χ1) is 4.77. The molecule has 55 valence electrons. The van der Waals surface area contributed by atoms with Gasteiger partial charge in [0.15, 0.2) is 0 Å². The van der Waals surface area contributed by atoms with Gasteiger partial charge in [-0.1, -0.05) is 19.3 Å². The molecule has 10 heavy (non-hydrogen) atoms. The third kappa shape index (κ3) is 2.21. The predicted molar refractivity (Wildman–Crippen MR) is 46.1 cm³/mol. The molecule has 1 nitrogen and oxygen atoms in total. The highest BCUT2D eigenvalue weighted by molar-refractivity contribution is 6.87. The van der Waals surface area contributed by atoms with E-state index >= 15 is 0 Å². The van der Waals surface area contributed by atoms with Crippen molar-refractivity contribution >= 4 is 19.0 Å². The van der Waals surface area contributed by atoms with Gasteiger partial charge in [0.2, 0.25) is 0 Å². The fourth-order valence-electron chi connectivity index (χ4n) is 1.61. The van der Waals surface area contributed by atoms with Crippen molar-refractivity contribution in [2.45, 2.75) is 44.6 Å². The van der Waals surface area contributed by atoms with Crippen molar-refractivity contribution in [3.8, 4) is 0 Å². The smallest absolute Gasteiger partial charge is 0.114 e. The highest BCUT2D eigenvalue weighted by atomic mass is 29.1. The SMILES string of the molecule is CC1(N[Si][Si])CCCCC1. The van der Waals surface area contributed by atoms with Crippen molar-refractivity contribution in [2.24, 2.45) is 0 Å². The molecule has 1 aliphatic carbocycles. The van der Waals surface area contributed by atoms with E-state index in [0.29, 0.717) is 14.7 Å². The van der Waals surface area contributed by atoms with Crippen LogP contribution in [0.25, 0.3) is 0 Å². The molecule has 5 radical (unpaired) electrons. The molecule has 0 aromatic carbocycles. The predicted octanol–water partition coefficient (Wildman–Crippen LogP) is 1.00. The Balaban J connectivity index is 2.32. The second-order valence-electron chi connectivity index (χ2n) is 3.37. The van der Waals surface area contributed by atoms with Crippen molar-refractivity contribution in [2.75, 3.05) is 0 Å². The lowest BCUT2D eigenvalue weighted by molar-refractivity contribution is 0.297. The van der Waals surface area contributed by atoms with E-state index in [1.807, 2.05) is 0 Å². The minimum Gasteiger partial charge on any atom is -0.337 e. The highest BCUT2D eigenvalue weighted by Crippen LogP contribution is 2.26. The summed E-state index contributed by atoms with van der Waals surface area (Å²) in [7, 11) is 4.20. The lowest BCUT2D eigenvalue weighted by atomic mass is 9.84. The van der Waals surface area contributed by atoms with Gasteiger partial charge in [0, 0.05) is 15.3 Å². The number of hydrogen-bond donors (Lipinski definition) is 1. The summed E-state index contributed by atoms with van der Waals surface area (Å²) in [6, 6.07) is 0. The van der Waals surface area contributed by atoms with E-state index in [4.69, 9.17) is 0 Å². The molecule has 0 amide bonds. The van der Waals surface area contributed by atoms with Crippen molar-refractivity contribution in [1.29, 1.82) is 0 Å². The zero-order valence-corrected chi connectivity index (χ0v) is 8.54. The van der Waals surface area contributed by atoms with Crippen LogP contribution in [0.3, 0.4) is 0 Å². The molecule has 0 heterocycles. The number of hydrogen-bond acceptors (Lipinski definition) is 1. The normalized spacial score (nSPS) is 24.6. The van der Waals surface area contributed by atoms with Crippen LogP contribution >= 0.6 is 0 Å². The molecule has 0 aliphatic heterocycles. The molecule has 0 spiro atoms. The summed E-state index contributed by atoms with van der Waals surface area (Å²) >= 11 is 0. The average molecular weight is 168 g/mol. The molecule has 0 atom stereocenters. The van der Waals surface area contributed by atoms with Gasteiger partial charge in [-0.05, 0) is 19.8 Å². The fraction of sp³-hybridized carbons (Fsp3) is 1.00. The summed E-state index contributed by atoms with van der Waals surface area (Å²) < 4.78 is 0. The first-order valence-corrected chi connectivity index (χ1v) is 6.46. The summed E-state index contributed by atoms with van der Waals surface area (Å²) in [4.78, 5) is 3.50. The van der Waals surface area contributed by atoms with Crippen LogP contribution in [0.4, 0.5) is 0 Å². The molecular weight excluding hydrogens is 154 g/mol. The minimum absolute atomic E-state index is 0.443. The second-order valence-corrected chi connectivity index (χ2v) is 4.62. The van der Waals surface area contributed by atoms with Crippen molar-refractivity contribution in [3.63, 3.8) is 0 Å². The van der Waals surface area contributed by atoms with Crippen LogP contribution in [0.1, 0.15) is 39.0 Å². The van der Waals surface area contributed by atoms with Crippen molar-refractivity contribution in [1.82, 2.24) is 4.98 Å². The Bertz CT molecular complexity index is 94.3. The van der Waals surface area contributed by atoms with Gasteiger partial charge in [-0.3, -0.25) is 0 Å². The maximum absolute atomic E-state index is 3.50. The van der Waals surface area contributed by atoms with Crippen LogP contribution in [0.5, 0.6) is 0 Å². The Morgan fingerprint density at radius 2 is 1.90 bits per heavy atom. The molecule has 0 aromatic rings.